The molecule has 0 saturated heterocycles. The van der Waals surface area contributed by atoms with Gasteiger partial charge in [-0.25, -0.2) is 0 Å². The first-order chi connectivity index (χ1) is 10.4. The number of aryl methyl sites for hydroxylation is 1. The van der Waals surface area contributed by atoms with Gasteiger partial charge < -0.3 is 5.73 Å². The van der Waals surface area contributed by atoms with Crippen LogP contribution in [0.25, 0.3) is 0 Å². The van der Waals surface area contributed by atoms with E-state index < -0.39 is 29.8 Å². The maximum absolute atomic E-state index is 13.0. The van der Waals surface area contributed by atoms with E-state index in [1.807, 2.05) is 0 Å². The number of rotatable bonds is 2. The predicted molar refractivity (Wildman–Crippen MR) is 71.6 cm³/mol. The third-order valence-electron chi connectivity index (χ3n) is 3.46. The van der Waals surface area contributed by atoms with E-state index in [1.54, 1.807) is 6.92 Å². The fraction of sp³-hybridized carbons (Fsp3) is 0.357. The van der Waals surface area contributed by atoms with E-state index in [9.17, 15) is 26.3 Å². The lowest BCUT2D eigenvalue weighted by molar-refractivity contribution is -0.144. The van der Waals surface area contributed by atoms with E-state index in [0.29, 0.717) is 21.5 Å². The maximum atomic E-state index is 13.0. The number of aromatic nitrogens is 2. The van der Waals surface area contributed by atoms with Crippen LogP contribution in [0.4, 0.5) is 32.0 Å². The van der Waals surface area contributed by atoms with E-state index in [4.69, 9.17) is 5.73 Å². The van der Waals surface area contributed by atoms with Crippen molar-refractivity contribution in [2.45, 2.75) is 32.2 Å². The zero-order chi connectivity index (χ0) is 17.6. The molecule has 0 spiro atoms. The van der Waals surface area contributed by atoms with Gasteiger partial charge in [0.2, 0.25) is 0 Å². The molecule has 0 bridgehead atoms. The van der Waals surface area contributed by atoms with Crippen molar-refractivity contribution in [2.24, 2.45) is 0 Å². The van der Waals surface area contributed by atoms with Crippen molar-refractivity contribution in [1.29, 1.82) is 0 Å². The average Bonchev–Trinajstić information content (AvgIpc) is 2.86. The molecule has 0 aliphatic heterocycles. The van der Waals surface area contributed by atoms with Gasteiger partial charge in [-0.05, 0) is 31.0 Å². The highest BCUT2D eigenvalue weighted by Crippen LogP contribution is 2.37. The van der Waals surface area contributed by atoms with Crippen LogP contribution in [0.3, 0.4) is 0 Å². The number of hydrogen-bond donors (Lipinski definition) is 1. The van der Waals surface area contributed by atoms with Crippen LogP contribution in [0, 0.1) is 6.92 Å². The summed E-state index contributed by atoms with van der Waals surface area (Å²) in [4.78, 5) is 0. The summed E-state index contributed by atoms with van der Waals surface area (Å²) in [7, 11) is 0. The second kappa shape index (κ2) is 5.47. The standard InChI is InChI=1S/C14H13F6N3/c1-7-5-9(3-4-10(7)21)8(2)23-12(14(18,19)20)6-11(22-23)13(15,16)17/h3-6,8H,21H2,1-2H3. The predicted octanol–water partition coefficient (Wildman–Crippen LogP) is 4.42. The van der Waals surface area contributed by atoms with Gasteiger partial charge >= 0.3 is 12.4 Å². The van der Waals surface area contributed by atoms with Gasteiger partial charge in [-0.1, -0.05) is 12.1 Å². The molecule has 9 heteroatoms. The molecule has 1 atom stereocenters. The molecular formula is C14H13F6N3. The summed E-state index contributed by atoms with van der Waals surface area (Å²) in [5, 5.41) is 3.12. The summed E-state index contributed by atoms with van der Waals surface area (Å²) in [5.74, 6) is 0. The smallest absolute Gasteiger partial charge is 0.399 e. The van der Waals surface area contributed by atoms with Crippen molar-refractivity contribution in [3.8, 4) is 0 Å². The van der Waals surface area contributed by atoms with Gasteiger partial charge in [-0.3, -0.25) is 4.68 Å². The number of alkyl halides is 6. The summed E-state index contributed by atoms with van der Waals surface area (Å²) in [6.07, 6.45) is -9.91. The molecule has 2 rings (SSSR count). The highest BCUT2D eigenvalue weighted by molar-refractivity contribution is 5.48. The van der Waals surface area contributed by atoms with Gasteiger partial charge in [0.15, 0.2) is 5.69 Å². The van der Waals surface area contributed by atoms with Crippen LogP contribution in [0.5, 0.6) is 0 Å². The van der Waals surface area contributed by atoms with E-state index in [-0.39, 0.29) is 6.07 Å². The Morgan fingerprint density at radius 2 is 1.65 bits per heavy atom. The molecule has 0 fully saturated rings. The minimum Gasteiger partial charge on any atom is -0.399 e. The summed E-state index contributed by atoms with van der Waals surface area (Å²) in [5.41, 5.74) is 4.03. The molecule has 0 amide bonds. The Morgan fingerprint density at radius 1 is 1.04 bits per heavy atom. The Morgan fingerprint density at radius 3 is 2.13 bits per heavy atom. The number of halogens is 6. The van der Waals surface area contributed by atoms with Crippen molar-refractivity contribution in [3.05, 3.63) is 46.8 Å². The molecule has 0 aliphatic carbocycles. The number of benzene rings is 1. The van der Waals surface area contributed by atoms with Crippen LogP contribution in [-0.2, 0) is 12.4 Å². The van der Waals surface area contributed by atoms with Gasteiger partial charge in [0, 0.05) is 11.8 Å². The Balaban J connectivity index is 2.56. The molecule has 0 aliphatic rings. The molecular weight excluding hydrogens is 324 g/mol. The number of anilines is 1. The molecule has 0 radical (unpaired) electrons. The van der Waals surface area contributed by atoms with Crippen LogP contribution < -0.4 is 5.73 Å². The lowest BCUT2D eigenvalue weighted by atomic mass is 10.0. The minimum atomic E-state index is -4.96. The van der Waals surface area contributed by atoms with Crippen molar-refractivity contribution in [3.63, 3.8) is 0 Å². The van der Waals surface area contributed by atoms with E-state index in [1.165, 1.54) is 25.1 Å². The summed E-state index contributed by atoms with van der Waals surface area (Å²) >= 11 is 0. The van der Waals surface area contributed by atoms with Crippen LogP contribution in [-0.4, -0.2) is 9.78 Å². The largest absolute Gasteiger partial charge is 0.435 e. The van der Waals surface area contributed by atoms with Gasteiger partial charge in [0.1, 0.15) is 5.69 Å². The molecule has 2 N–H and O–H groups in total. The summed E-state index contributed by atoms with van der Waals surface area (Å²) in [6.45, 7) is 2.99. The number of nitrogens with two attached hydrogens (primary N) is 1. The van der Waals surface area contributed by atoms with E-state index in [0.717, 1.165) is 0 Å². The molecule has 1 aromatic carbocycles. The Labute approximate surface area is 127 Å². The second-order valence-corrected chi connectivity index (χ2v) is 5.15. The molecule has 1 heterocycles. The molecule has 0 saturated carbocycles. The molecule has 3 nitrogen and oxygen atoms in total. The summed E-state index contributed by atoms with van der Waals surface area (Å²) < 4.78 is 77.5. The topological polar surface area (TPSA) is 43.8 Å². The first-order valence-electron chi connectivity index (χ1n) is 6.51. The van der Waals surface area contributed by atoms with Crippen molar-refractivity contribution < 1.29 is 26.3 Å². The molecule has 23 heavy (non-hydrogen) atoms. The third-order valence-corrected chi connectivity index (χ3v) is 3.46. The third kappa shape index (κ3) is 3.43. The monoisotopic (exact) mass is 337 g/mol. The Bertz CT molecular complexity index is 714. The Hall–Kier alpha value is -2.19. The lowest BCUT2D eigenvalue weighted by Gasteiger charge is -2.18. The fourth-order valence-electron chi connectivity index (χ4n) is 2.14. The minimum absolute atomic E-state index is 0.0145. The number of hydrogen-bond acceptors (Lipinski definition) is 2. The zero-order valence-corrected chi connectivity index (χ0v) is 12.1. The van der Waals surface area contributed by atoms with Crippen molar-refractivity contribution >= 4 is 5.69 Å². The quantitative estimate of drug-likeness (QED) is 0.651. The highest BCUT2D eigenvalue weighted by atomic mass is 19.4. The Kier molecular flexibility index (Phi) is 4.08. The van der Waals surface area contributed by atoms with Crippen LogP contribution in [0.2, 0.25) is 0 Å². The zero-order valence-electron chi connectivity index (χ0n) is 12.1. The lowest BCUT2D eigenvalue weighted by Crippen LogP contribution is -2.19. The average molecular weight is 337 g/mol. The first-order valence-corrected chi connectivity index (χ1v) is 6.51. The first kappa shape index (κ1) is 17.2. The van der Waals surface area contributed by atoms with Crippen LogP contribution in [0.15, 0.2) is 24.3 Å². The molecule has 126 valence electrons. The fourth-order valence-corrected chi connectivity index (χ4v) is 2.14. The summed E-state index contributed by atoms with van der Waals surface area (Å²) in [6, 6.07) is 3.45. The van der Waals surface area contributed by atoms with Gasteiger partial charge in [-0.15, -0.1) is 0 Å². The van der Waals surface area contributed by atoms with Crippen LogP contribution in [0.1, 0.15) is 35.5 Å². The number of nitrogens with zero attached hydrogens (tertiary/aromatic N) is 2. The molecule has 2 aromatic rings. The van der Waals surface area contributed by atoms with E-state index in [2.05, 4.69) is 5.10 Å². The molecule has 1 aromatic heterocycles. The van der Waals surface area contributed by atoms with Crippen molar-refractivity contribution in [1.82, 2.24) is 9.78 Å². The second-order valence-electron chi connectivity index (χ2n) is 5.15. The number of nitrogen functional groups attached to an aromatic ring is 1. The van der Waals surface area contributed by atoms with E-state index >= 15 is 0 Å². The van der Waals surface area contributed by atoms with Gasteiger partial charge in [-0.2, -0.15) is 31.4 Å². The SMILES string of the molecule is Cc1cc(C(C)n2nc(C(F)(F)F)cc2C(F)(F)F)ccc1N. The maximum Gasteiger partial charge on any atom is 0.435 e. The molecule has 1 unspecified atom stereocenters. The van der Waals surface area contributed by atoms with Gasteiger partial charge in [0.25, 0.3) is 0 Å². The van der Waals surface area contributed by atoms with Crippen molar-refractivity contribution in [2.75, 3.05) is 5.73 Å². The normalized spacial score (nSPS) is 14.1. The van der Waals surface area contributed by atoms with Crippen LogP contribution >= 0.6 is 0 Å². The van der Waals surface area contributed by atoms with Gasteiger partial charge in [0.05, 0.1) is 6.04 Å². The highest BCUT2D eigenvalue weighted by Gasteiger charge is 2.42.